The van der Waals surface area contributed by atoms with Gasteiger partial charge in [-0.05, 0) is 43.8 Å². The van der Waals surface area contributed by atoms with Crippen LogP contribution in [0.4, 0.5) is 4.39 Å². The van der Waals surface area contributed by atoms with Crippen molar-refractivity contribution in [2.45, 2.75) is 17.9 Å². The van der Waals surface area contributed by atoms with E-state index in [-0.39, 0.29) is 60.9 Å². The van der Waals surface area contributed by atoms with Gasteiger partial charge in [0.1, 0.15) is 11.9 Å². The quantitative estimate of drug-likeness (QED) is 0.682. The molecule has 0 bridgehead atoms. The van der Waals surface area contributed by atoms with Gasteiger partial charge in [-0.3, -0.25) is 9.69 Å². The van der Waals surface area contributed by atoms with E-state index in [9.17, 15) is 22.9 Å². The molecule has 1 heterocycles. The Hall–Kier alpha value is -2.80. The molecule has 1 atom stereocenters. The Morgan fingerprint density at radius 2 is 1.74 bits per heavy atom. The summed E-state index contributed by atoms with van der Waals surface area (Å²) in [5.74, 6) is -0.397. The van der Waals surface area contributed by atoms with Crippen LogP contribution in [0.15, 0.2) is 53.4 Å². The number of benzene rings is 2. The van der Waals surface area contributed by atoms with E-state index in [0.29, 0.717) is 0 Å². The molecular weight excluding hydrogens is 419 g/mol. The Labute approximate surface area is 182 Å². The molecule has 2 aromatic carbocycles. The minimum Gasteiger partial charge on any atom is -0.339 e. The highest BCUT2D eigenvalue weighted by molar-refractivity contribution is 7.89. The standard InChI is InChI=1S/C22H25FN4O3S/c1-17(18-7-9-20(23)10-8-18)25(2)16-22(28)26-11-13-27(14-12-26)31(29,30)21-6-4-3-5-19(21)15-24/h3-10,17H,11-14,16H2,1-2H3/t17-/m0/s1. The molecule has 0 spiro atoms. The van der Waals surface area contributed by atoms with Crippen molar-refractivity contribution in [2.75, 3.05) is 39.8 Å². The molecule has 1 saturated heterocycles. The van der Waals surface area contributed by atoms with Gasteiger partial charge in [-0.15, -0.1) is 0 Å². The van der Waals surface area contributed by atoms with Crippen LogP contribution >= 0.6 is 0 Å². The number of rotatable bonds is 6. The molecule has 1 fully saturated rings. The lowest BCUT2D eigenvalue weighted by Crippen LogP contribution is -2.52. The van der Waals surface area contributed by atoms with Crippen molar-refractivity contribution < 1.29 is 17.6 Å². The topological polar surface area (TPSA) is 84.7 Å². The fourth-order valence-corrected chi connectivity index (χ4v) is 5.11. The number of carbonyl (C=O) groups is 1. The smallest absolute Gasteiger partial charge is 0.244 e. The van der Waals surface area contributed by atoms with E-state index in [2.05, 4.69) is 0 Å². The third-order valence-electron chi connectivity index (χ3n) is 5.61. The van der Waals surface area contributed by atoms with E-state index < -0.39 is 10.0 Å². The second kappa shape index (κ2) is 9.56. The van der Waals surface area contributed by atoms with Crippen LogP contribution < -0.4 is 0 Å². The van der Waals surface area contributed by atoms with Crippen LogP contribution in [0.25, 0.3) is 0 Å². The van der Waals surface area contributed by atoms with Crippen molar-refractivity contribution in [3.63, 3.8) is 0 Å². The summed E-state index contributed by atoms with van der Waals surface area (Å²) in [5, 5.41) is 9.21. The van der Waals surface area contributed by atoms with Crippen LogP contribution in [0.1, 0.15) is 24.1 Å². The van der Waals surface area contributed by atoms with Crippen LogP contribution in [-0.2, 0) is 14.8 Å². The van der Waals surface area contributed by atoms with Gasteiger partial charge in [-0.1, -0.05) is 24.3 Å². The van der Waals surface area contributed by atoms with Gasteiger partial charge in [0.2, 0.25) is 15.9 Å². The van der Waals surface area contributed by atoms with Crippen LogP contribution in [-0.4, -0.2) is 68.2 Å². The van der Waals surface area contributed by atoms with Crippen LogP contribution in [0, 0.1) is 17.1 Å². The molecule has 0 N–H and O–H groups in total. The van der Waals surface area contributed by atoms with Gasteiger partial charge in [0.15, 0.2) is 0 Å². The molecule has 9 heteroatoms. The molecule has 2 aromatic rings. The summed E-state index contributed by atoms with van der Waals surface area (Å²) in [7, 11) is -1.97. The highest BCUT2D eigenvalue weighted by Gasteiger charge is 2.32. The van der Waals surface area contributed by atoms with Gasteiger partial charge < -0.3 is 4.90 Å². The van der Waals surface area contributed by atoms with E-state index in [4.69, 9.17) is 0 Å². The number of amides is 1. The Morgan fingerprint density at radius 1 is 1.13 bits per heavy atom. The number of nitrogens with zero attached hydrogens (tertiary/aromatic N) is 4. The zero-order valence-electron chi connectivity index (χ0n) is 17.5. The summed E-state index contributed by atoms with van der Waals surface area (Å²) >= 11 is 0. The predicted molar refractivity (Wildman–Crippen MR) is 114 cm³/mol. The lowest BCUT2D eigenvalue weighted by molar-refractivity contribution is -0.133. The third kappa shape index (κ3) is 5.10. The van der Waals surface area contributed by atoms with Crippen molar-refractivity contribution in [3.05, 3.63) is 65.5 Å². The predicted octanol–water partition coefficient (Wildman–Crippen LogP) is 2.22. The molecule has 0 radical (unpaired) electrons. The number of carbonyl (C=O) groups excluding carboxylic acids is 1. The number of sulfonamides is 1. The number of hydrogen-bond acceptors (Lipinski definition) is 5. The van der Waals surface area contributed by atoms with E-state index in [1.807, 2.05) is 24.9 Å². The molecule has 31 heavy (non-hydrogen) atoms. The number of piperazine rings is 1. The Morgan fingerprint density at radius 3 is 2.35 bits per heavy atom. The van der Waals surface area contributed by atoms with Gasteiger partial charge in [-0.2, -0.15) is 9.57 Å². The molecular formula is C22H25FN4O3S. The van der Waals surface area contributed by atoms with Crippen molar-refractivity contribution in [3.8, 4) is 6.07 Å². The van der Waals surface area contributed by atoms with Gasteiger partial charge in [0.25, 0.3) is 0 Å². The first kappa shape index (κ1) is 22.9. The van der Waals surface area contributed by atoms with E-state index in [1.165, 1.54) is 28.6 Å². The zero-order chi connectivity index (χ0) is 22.6. The zero-order valence-corrected chi connectivity index (χ0v) is 18.3. The number of likely N-dealkylation sites (N-methyl/N-ethyl adjacent to an activating group) is 1. The second-order valence-corrected chi connectivity index (χ2v) is 9.44. The number of halogens is 1. The van der Waals surface area contributed by atoms with Crippen LogP contribution in [0.5, 0.6) is 0 Å². The summed E-state index contributed by atoms with van der Waals surface area (Å²) in [6, 6.07) is 14.1. The van der Waals surface area contributed by atoms with E-state index in [0.717, 1.165) is 5.56 Å². The number of nitriles is 1. The van der Waals surface area contributed by atoms with Crippen LogP contribution in [0.3, 0.4) is 0 Å². The SMILES string of the molecule is C[C@@H](c1ccc(F)cc1)N(C)CC(=O)N1CCN(S(=O)(=O)c2ccccc2C#N)CC1. The summed E-state index contributed by atoms with van der Waals surface area (Å²) in [6.07, 6.45) is 0. The largest absolute Gasteiger partial charge is 0.339 e. The first-order chi connectivity index (χ1) is 14.7. The Bertz CT molecular complexity index is 1070. The lowest BCUT2D eigenvalue weighted by Gasteiger charge is -2.35. The average Bonchev–Trinajstić information content (AvgIpc) is 2.79. The molecule has 3 rings (SSSR count). The molecule has 1 amide bonds. The monoisotopic (exact) mass is 444 g/mol. The molecule has 7 nitrogen and oxygen atoms in total. The molecule has 0 aromatic heterocycles. The minimum absolute atomic E-state index is 0.00914. The molecule has 0 aliphatic carbocycles. The summed E-state index contributed by atoms with van der Waals surface area (Å²) in [4.78, 5) is 16.3. The van der Waals surface area contributed by atoms with Gasteiger partial charge >= 0.3 is 0 Å². The highest BCUT2D eigenvalue weighted by Crippen LogP contribution is 2.22. The van der Waals surface area contributed by atoms with E-state index in [1.54, 1.807) is 29.2 Å². The fraction of sp³-hybridized carbons (Fsp3) is 0.364. The first-order valence-corrected chi connectivity index (χ1v) is 11.4. The summed E-state index contributed by atoms with van der Waals surface area (Å²) in [5.41, 5.74) is 1.01. The average molecular weight is 445 g/mol. The number of hydrogen-bond donors (Lipinski definition) is 0. The Balaban J connectivity index is 1.59. The second-order valence-electron chi connectivity index (χ2n) is 7.54. The summed E-state index contributed by atoms with van der Waals surface area (Å²) < 4.78 is 40.3. The maximum absolute atomic E-state index is 13.1. The van der Waals surface area contributed by atoms with Crippen molar-refractivity contribution in [1.82, 2.24) is 14.1 Å². The van der Waals surface area contributed by atoms with Crippen LogP contribution in [0.2, 0.25) is 0 Å². The van der Waals surface area contributed by atoms with Crippen molar-refractivity contribution in [1.29, 1.82) is 5.26 Å². The van der Waals surface area contributed by atoms with E-state index >= 15 is 0 Å². The maximum atomic E-state index is 13.1. The maximum Gasteiger partial charge on any atom is 0.244 e. The van der Waals surface area contributed by atoms with Gasteiger partial charge in [-0.25, -0.2) is 12.8 Å². The highest BCUT2D eigenvalue weighted by atomic mass is 32.2. The Kier molecular flexibility index (Phi) is 7.05. The molecule has 1 aliphatic rings. The third-order valence-corrected chi connectivity index (χ3v) is 7.57. The molecule has 0 saturated carbocycles. The van der Waals surface area contributed by atoms with Gasteiger partial charge in [0.05, 0.1) is 17.0 Å². The first-order valence-electron chi connectivity index (χ1n) is 9.97. The van der Waals surface area contributed by atoms with Crippen molar-refractivity contribution in [2.24, 2.45) is 0 Å². The van der Waals surface area contributed by atoms with Gasteiger partial charge in [0, 0.05) is 32.2 Å². The summed E-state index contributed by atoms with van der Waals surface area (Å²) in [6.45, 7) is 3.02. The fourth-order valence-electron chi connectivity index (χ4n) is 3.55. The lowest BCUT2D eigenvalue weighted by atomic mass is 10.1. The molecule has 164 valence electrons. The molecule has 0 unspecified atom stereocenters. The minimum atomic E-state index is -3.80. The normalized spacial score (nSPS) is 16.2. The molecule has 1 aliphatic heterocycles. The van der Waals surface area contributed by atoms with Crippen molar-refractivity contribution >= 4 is 15.9 Å².